The summed E-state index contributed by atoms with van der Waals surface area (Å²) in [5.74, 6) is -1.85. The predicted octanol–water partition coefficient (Wildman–Crippen LogP) is 2.10. The van der Waals surface area contributed by atoms with Crippen LogP contribution in [0.4, 0.5) is 4.79 Å². The first-order valence-electron chi connectivity index (χ1n) is 7.18. The standard InChI is InChI=1S/C16H20N2O3/c1-4-11-7-5-6-8-12(11)9-18-15(20)13(10(2)3)14(19)17-16(18)21/h5-8,10,13H,4,9H2,1-3H3,(H,17,19,21). The number of nitrogens with one attached hydrogen (secondary N) is 1. The maximum Gasteiger partial charge on any atom is 0.331 e. The lowest BCUT2D eigenvalue weighted by Crippen LogP contribution is -2.58. The van der Waals surface area contributed by atoms with E-state index in [2.05, 4.69) is 5.32 Å². The number of urea groups is 1. The molecule has 1 aromatic carbocycles. The normalized spacial score (nSPS) is 19.1. The lowest BCUT2D eigenvalue weighted by molar-refractivity contribution is -0.144. The number of nitrogens with zero attached hydrogens (tertiary/aromatic N) is 1. The van der Waals surface area contributed by atoms with E-state index in [1.807, 2.05) is 31.2 Å². The summed E-state index contributed by atoms with van der Waals surface area (Å²) in [5.41, 5.74) is 2.02. The maximum atomic E-state index is 12.4. The highest BCUT2D eigenvalue weighted by atomic mass is 16.2. The molecule has 1 unspecified atom stereocenters. The highest BCUT2D eigenvalue weighted by molar-refractivity contribution is 6.16. The van der Waals surface area contributed by atoms with Crippen LogP contribution in [0.3, 0.4) is 0 Å². The Balaban J connectivity index is 2.28. The summed E-state index contributed by atoms with van der Waals surface area (Å²) in [6.07, 6.45) is 0.826. The number of carbonyl (C=O) groups is 3. The number of rotatable bonds is 4. The Bertz CT molecular complexity index is 581. The van der Waals surface area contributed by atoms with E-state index in [1.54, 1.807) is 13.8 Å². The highest BCUT2D eigenvalue weighted by Gasteiger charge is 2.41. The van der Waals surface area contributed by atoms with Gasteiger partial charge in [0.2, 0.25) is 11.8 Å². The van der Waals surface area contributed by atoms with Crippen LogP contribution in [-0.4, -0.2) is 22.7 Å². The molecule has 1 aromatic rings. The Kier molecular flexibility index (Phi) is 4.40. The van der Waals surface area contributed by atoms with Crippen LogP contribution in [-0.2, 0) is 22.6 Å². The fourth-order valence-corrected chi connectivity index (χ4v) is 2.60. The number of amides is 4. The van der Waals surface area contributed by atoms with E-state index in [-0.39, 0.29) is 12.5 Å². The van der Waals surface area contributed by atoms with E-state index < -0.39 is 23.8 Å². The maximum absolute atomic E-state index is 12.4. The molecule has 2 rings (SSSR count). The predicted molar refractivity (Wildman–Crippen MR) is 78.2 cm³/mol. The number of barbiturate groups is 1. The van der Waals surface area contributed by atoms with Gasteiger partial charge in [0.15, 0.2) is 0 Å². The van der Waals surface area contributed by atoms with E-state index in [0.717, 1.165) is 22.4 Å². The minimum Gasteiger partial charge on any atom is -0.277 e. The minimum atomic E-state index is -0.795. The molecule has 5 heteroatoms. The fraction of sp³-hybridized carbons (Fsp3) is 0.438. The van der Waals surface area contributed by atoms with Crippen molar-refractivity contribution in [3.05, 3.63) is 35.4 Å². The second-order valence-electron chi connectivity index (χ2n) is 5.56. The first-order valence-corrected chi connectivity index (χ1v) is 7.18. The topological polar surface area (TPSA) is 66.5 Å². The Hall–Kier alpha value is -2.17. The van der Waals surface area contributed by atoms with Crippen molar-refractivity contribution >= 4 is 17.8 Å². The summed E-state index contributed by atoms with van der Waals surface area (Å²) in [6.45, 7) is 5.83. The average molecular weight is 288 g/mol. The van der Waals surface area contributed by atoms with Gasteiger partial charge in [0, 0.05) is 0 Å². The molecule has 1 N–H and O–H groups in total. The van der Waals surface area contributed by atoms with Gasteiger partial charge < -0.3 is 0 Å². The minimum absolute atomic E-state index is 0.144. The van der Waals surface area contributed by atoms with Crippen LogP contribution < -0.4 is 5.32 Å². The lowest BCUT2D eigenvalue weighted by atomic mass is 9.91. The van der Waals surface area contributed by atoms with Crippen LogP contribution in [0.15, 0.2) is 24.3 Å². The molecular weight excluding hydrogens is 268 g/mol. The van der Waals surface area contributed by atoms with Crippen molar-refractivity contribution in [2.24, 2.45) is 11.8 Å². The summed E-state index contributed by atoms with van der Waals surface area (Å²) in [6, 6.07) is 7.06. The lowest BCUT2D eigenvalue weighted by Gasteiger charge is -2.32. The van der Waals surface area contributed by atoms with Crippen LogP contribution in [0.2, 0.25) is 0 Å². The molecule has 0 aromatic heterocycles. The molecule has 1 atom stereocenters. The zero-order valence-corrected chi connectivity index (χ0v) is 12.6. The van der Waals surface area contributed by atoms with Gasteiger partial charge >= 0.3 is 6.03 Å². The average Bonchev–Trinajstić information content (AvgIpc) is 2.43. The monoisotopic (exact) mass is 288 g/mol. The van der Waals surface area contributed by atoms with Crippen LogP contribution in [0.25, 0.3) is 0 Å². The van der Waals surface area contributed by atoms with Gasteiger partial charge in [-0.25, -0.2) is 4.79 Å². The quantitative estimate of drug-likeness (QED) is 0.863. The summed E-state index contributed by atoms with van der Waals surface area (Å²) < 4.78 is 0. The summed E-state index contributed by atoms with van der Waals surface area (Å²) >= 11 is 0. The first-order chi connectivity index (χ1) is 9.95. The molecule has 1 aliphatic rings. The Morgan fingerprint density at radius 3 is 2.33 bits per heavy atom. The van der Waals surface area contributed by atoms with Gasteiger partial charge in [-0.2, -0.15) is 0 Å². The largest absolute Gasteiger partial charge is 0.331 e. The molecule has 0 bridgehead atoms. The van der Waals surface area contributed by atoms with E-state index in [0.29, 0.717) is 0 Å². The molecule has 1 saturated heterocycles. The van der Waals surface area contributed by atoms with Crippen molar-refractivity contribution in [2.45, 2.75) is 33.7 Å². The first kappa shape index (κ1) is 15.2. The third-order valence-corrected chi connectivity index (χ3v) is 3.78. The number of carbonyl (C=O) groups excluding carboxylic acids is 3. The van der Waals surface area contributed by atoms with Crippen molar-refractivity contribution in [3.63, 3.8) is 0 Å². The van der Waals surface area contributed by atoms with Gasteiger partial charge in [-0.05, 0) is 23.5 Å². The number of imide groups is 2. The van der Waals surface area contributed by atoms with Crippen molar-refractivity contribution in [3.8, 4) is 0 Å². The number of hydrogen-bond acceptors (Lipinski definition) is 3. The zero-order chi connectivity index (χ0) is 15.6. The summed E-state index contributed by atoms with van der Waals surface area (Å²) in [4.78, 5) is 37.3. The van der Waals surface area contributed by atoms with Gasteiger partial charge in [-0.15, -0.1) is 0 Å². The van der Waals surface area contributed by atoms with Gasteiger partial charge in [-0.3, -0.25) is 19.8 Å². The second-order valence-corrected chi connectivity index (χ2v) is 5.56. The van der Waals surface area contributed by atoms with Crippen molar-refractivity contribution in [1.29, 1.82) is 0 Å². The Morgan fingerprint density at radius 1 is 1.14 bits per heavy atom. The van der Waals surface area contributed by atoms with Gasteiger partial charge in [0.1, 0.15) is 5.92 Å². The molecule has 1 fully saturated rings. The molecular formula is C16H20N2O3. The number of benzene rings is 1. The molecule has 4 amide bonds. The third kappa shape index (κ3) is 2.96. The molecule has 1 heterocycles. The Labute approximate surface area is 124 Å². The van der Waals surface area contributed by atoms with Gasteiger partial charge in [0.05, 0.1) is 6.54 Å². The van der Waals surface area contributed by atoms with E-state index >= 15 is 0 Å². The Morgan fingerprint density at radius 2 is 1.76 bits per heavy atom. The van der Waals surface area contributed by atoms with Crippen molar-refractivity contribution in [2.75, 3.05) is 0 Å². The fourth-order valence-electron chi connectivity index (χ4n) is 2.60. The molecule has 21 heavy (non-hydrogen) atoms. The van der Waals surface area contributed by atoms with Crippen LogP contribution in [0.1, 0.15) is 31.9 Å². The molecule has 0 saturated carbocycles. The van der Waals surface area contributed by atoms with E-state index in [1.165, 1.54) is 0 Å². The third-order valence-electron chi connectivity index (χ3n) is 3.78. The second kappa shape index (κ2) is 6.08. The van der Waals surface area contributed by atoms with Crippen molar-refractivity contribution < 1.29 is 14.4 Å². The molecule has 112 valence electrons. The van der Waals surface area contributed by atoms with Crippen molar-refractivity contribution in [1.82, 2.24) is 10.2 Å². The highest BCUT2D eigenvalue weighted by Crippen LogP contribution is 2.21. The zero-order valence-electron chi connectivity index (χ0n) is 12.6. The molecule has 0 spiro atoms. The molecule has 5 nitrogen and oxygen atoms in total. The summed E-state index contributed by atoms with van der Waals surface area (Å²) in [5, 5.41) is 2.28. The van der Waals surface area contributed by atoms with Crippen LogP contribution in [0.5, 0.6) is 0 Å². The molecule has 1 aliphatic heterocycles. The van der Waals surface area contributed by atoms with E-state index in [9.17, 15) is 14.4 Å². The number of hydrogen-bond donors (Lipinski definition) is 1. The number of aryl methyl sites for hydroxylation is 1. The van der Waals surface area contributed by atoms with Gasteiger partial charge in [0.25, 0.3) is 0 Å². The van der Waals surface area contributed by atoms with Gasteiger partial charge in [-0.1, -0.05) is 45.0 Å². The molecule has 0 aliphatic carbocycles. The van der Waals surface area contributed by atoms with Crippen LogP contribution >= 0.6 is 0 Å². The SMILES string of the molecule is CCc1ccccc1CN1C(=O)NC(=O)C(C(C)C)C1=O. The summed E-state index contributed by atoms with van der Waals surface area (Å²) in [7, 11) is 0. The smallest absolute Gasteiger partial charge is 0.277 e. The van der Waals surface area contributed by atoms with Crippen LogP contribution in [0, 0.1) is 11.8 Å². The van der Waals surface area contributed by atoms with E-state index in [4.69, 9.17) is 0 Å². The molecule has 0 radical (unpaired) electrons.